The van der Waals surface area contributed by atoms with E-state index in [1.807, 2.05) is 4.90 Å². The molecule has 1 aromatic rings. The molecule has 2 saturated heterocycles. The Balaban J connectivity index is 1.66. The number of hydrogen-bond acceptors (Lipinski definition) is 3. The van der Waals surface area contributed by atoms with Crippen LogP contribution in [0.3, 0.4) is 0 Å². The highest BCUT2D eigenvalue weighted by Gasteiger charge is 2.41. The fourth-order valence-electron chi connectivity index (χ4n) is 3.00. The summed E-state index contributed by atoms with van der Waals surface area (Å²) in [5.41, 5.74) is 0.680. The Morgan fingerprint density at radius 3 is 2.70 bits per heavy atom. The van der Waals surface area contributed by atoms with Gasteiger partial charge in [-0.05, 0) is 40.3 Å². The molecule has 0 saturated carbocycles. The number of carbonyl (C=O) groups is 2. The molecule has 2 amide bonds. The third-order valence-corrected chi connectivity index (χ3v) is 4.69. The summed E-state index contributed by atoms with van der Waals surface area (Å²) in [6.07, 6.45) is 5.64. The molecule has 3 heterocycles. The van der Waals surface area contributed by atoms with Gasteiger partial charge in [-0.3, -0.25) is 14.6 Å². The van der Waals surface area contributed by atoms with E-state index < -0.39 is 0 Å². The number of halogens is 1. The molecule has 2 aliphatic heterocycles. The first-order valence-electron chi connectivity index (χ1n) is 6.75. The first kappa shape index (κ1) is 13.5. The lowest BCUT2D eigenvalue weighted by molar-refractivity contribution is -0.119. The van der Waals surface area contributed by atoms with E-state index in [0.29, 0.717) is 25.1 Å². The zero-order chi connectivity index (χ0) is 14.2. The monoisotopic (exact) mass is 337 g/mol. The zero-order valence-corrected chi connectivity index (χ0v) is 12.6. The molecule has 0 aliphatic carbocycles. The summed E-state index contributed by atoms with van der Waals surface area (Å²) in [7, 11) is 0. The summed E-state index contributed by atoms with van der Waals surface area (Å²) in [6, 6.07) is 1.79. The van der Waals surface area contributed by atoms with Crippen molar-refractivity contribution >= 4 is 27.7 Å². The number of carbonyl (C=O) groups excluding carboxylic acids is 2. The van der Waals surface area contributed by atoms with Gasteiger partial charge in [0.1, 0.15) is 0 Å². The molecule has 20 heavy (non-hydrogen) atoms. The molecule has 0 radical (unpaired) electrons. The smallest absolute Gasteiger partial charge is 0.255 e. The van der Waals surface area contributed by atoms with Gasteiger partial charge in [-0.25, -0.2) is 0 Å². The van der Waals surface area contributed by atoms with Gasteiger partial charge in [0.15, 0.2) is 0 Å². The van der Waals surface area contributed by atoms with Gasteiger partial charge in [-0.2, -0.15) is 0 Å². The van der Waals surface area contributed by atoms with Crippen LogP contribution in [-0.4, -0.2) is 41.3 Å². The fourth-order valence-corrected chi connectivity index (χ4v) is 3.37. The number of pyridine rings is 1. The lowest BCUT2D eigenvalue weighted by Crippen LogP contribution is -2.44. The van der Waals surface area contributed by atoms with Gasteiger partial charge >= 0.3 is 0 Å². The van der Waals surface area contributed by atoms with Gasteiger partial charge in [0.05, 0.1) is 5.56 Å². The minimum Gasteiger partial charge on any atom is -0.356 e. The number of rotatable bonds is 1. The second kappa shape index (κ2) is 5.16. The normalized spacial score (nSPS) is 21.1. The quantitative estimate of drug-likeness (QED) is 0.846. The van der Waals surface area contributed by atoms with Crippen molar-refractivity contribution in [2.45, 2.75) is 19.3 Å². The van der Waals surface area contributed by atoms with Crippen molar-refractivity contribution in [1.82, 2.24) is 15.2 Å². The Morgan fingerprint density at radius 2 is 2.10 bits per heavy atom. The maximum Gasteiger partial charge on any atom is 0.255 e. The number of nitrogens with zero attached hydrogens (tertiary/aromatic N) is 2. The summed E-state index contributed by atoms with van der Waals surface area (Å²) >= 11 is 3.33. The van der Waals surface area contributed by atoms with Crippen LogP contribution in [0.15, 0.2) is 22.9 Å². The van der Waals surface area contributed by atoms with E-state index in [9.17, 15) is 9.59 Å². The molecule has 0 atom stereocenters. The van der Waals surface area contributed by atoms with Crippen molar-refractivity contribution in [3.8, 4) is 0 Å². The number of hydrogen-bond donors (Lipinski definition) is 1. The van der Waals surface area contributed by atoms with Crippen molar-refractivity contribution in [3.05, 3.63) is 28.5 Å². The van der Waals surface area contributed by atoms with Crippen molar-refractivity contribution < 1.29 is 9.59 Å². The van der Waals surface area contributed by atoms with Gasteiger partial charge in [0, 0.05) is 42.9 Å². The second-order valence-corrected chi connectivity index (χ2v) is 6.55. The number of amides is 2. The first-order chi connectivity index (χ1) is 9.58. The predicted octanol–water partition coefficient (Wildman–Crippen LogP) is 1.59. The summed E-state index contributed by atoms with van der Waals surface area (Å²) in [6.45, 7) is 2.17. The lowest BCUT2D eigenvalue weighted by atomic mass is 9.77. The van der Waals surface area contributed by atoms with E-state index in [0.717, 1.165) is 23.9 Å². The molecule has 0 unspecified atom stereocenters. The molecule has 106 valence electrons. The van der Waals surface area contributed by atoms with Crippen molar-refractivity contribution in [2.24, 2.45) is 5.41 Å². The van der Waals surface area contributed by atoms with Crippen LogP contribution in [0, 0.1) is 5.41 Å². The maximum absolute atomic E-state index is 12.4. The Hall–Kier alpha value is -1.43. The van der Waals surface area contributed by atoms with Crippen LogP contribution < -0.4 is 5.32 Å². The van der Waals surface area contributed by atoms with E-state index in [4.69, 9.17) is 0 Å². The van der Waals surface area contributed by atoms with Crippen molar-refractivity contribution in [3.63, 3.8) is 0 Å². The molecule has 6 heteroatoms. The number of aromatic nitrogens is 1. The molecule has 1 N–H and O–H groups in total. The predicted molar refractivity (Wildman–Crippen MR) is 77.1 cm³/mol. The van der Waals surface area contributed by atoms with Crippen LogP contribution in [0.4, 0.5) is 0 Å². The van der Waals surface area contributed by atoms with Crippen LogP contribution in [-0.2, 0) is 4.79 Å². The molecule has 5 nitrogen and oxygen atoms in total. The Morgan fingerprint density at radius 1 is 1.35 bits per heavy atom. The fraction of sp³-hybridized carbons (Fsp3) is 0.500. The van der Waals surface area contributed by atoms with Gasteiger partial charge in [0.2, 0.25) is 5.91 Å². The summed E-state index contributed by atoms with van der Waals surface area (Å²) in [5, 5.41) is 2.90. The van der Waals surface area contributed by atoms with E-state index >= 15 is 0 Å². The molecule has 1 spiro atoms. The van der Waals surface area contributed by atoms with Gasteiger partial charge < -0.3 is 10.2 Å². The minimum absolute atomic E-state index is 0.0194. The number of nitrogens with one attached hydrogen (secondary N) is 1. The van der Waals surface area contributed by atoms with E-state index in [-0.39, 0.29) is 17.2 Å². The lowest BCUT2D eigenvalue weighted by Gasteiger charge is -2.38. The highest BCUT2D eigenvalue weighted by Crippen LogP contribution is 2.37. The van der Waals surface area contributed by atoms with Crippen LogP contribution >= 0.6 is 15.9 Å². The molecule has 1 aromatic heterocycles. The second-order valence-electron chi connectivity index (χ2n) is 5.64. The van der Waals surface area contributed by atoms with Crippen LogP contribution in [0.2, 0.25) is 0 Å². The van der Waals surface area contributed by atoms with Gasteiger partial charge in [0.25, 0.3) is 5.91 Å². The largest absolute Gasteiger partial charge is 0.356 e. The molecule has 0 bridgehead atoms. The standard InChI is InChI=1S/C14H16BrN3O2/c15-11-5-10(7-16-8-11)13(20)18-3-1-14(2-4-18)6-12(19)17-9-14/h5,7-8H,1-4,6,9H2,(H,17,19). The van der Waals surface area contributed by atoms with E-state index in [1.165, 1.54) is 0 Å². The highest BCUT2D eigenvalue weighted by atomic mass is 79.9. The average molecular weight is 338 g/mol. The van der Waals surface area contributed by atoms with Crippen molar-refractivity contribution in [1.29, 1.82) is 0 Å². The van der Waals surface area contributed by atoms with Gasteiger partial charge in [-0.15, -0.1) is 0 Å². The molecule has 2 aliphatic rings. The minimum atomic E-state index is 0.0194. The van der Waals surface area contributed by atoms with Crippen molar-refractivity contribution in [2.75, 3.05) is 19.6 Å². The SMILES string of the molecule is O=C1CC2(CCN(C(=O)c3cncc(Br)c3)CC2)CN1. The first-order valence-corrected chi connectivity index (χ1v) is 7.54. The summed E-state index contributed by atoms with van der Waals surface area (Å²) in [4.78, 5) is 29.7. The van der Waals surface area contributed by atoms with Crippen LogP contribution in [0.25, 0.3) is 0 Å². The topological polar surface area (TPSA) is 62.3 Å². The Labute approximate surface area is 125 Å². The van der Waals surface area contributed by atoms with E-state index in [2.05, 4.69) is 26.2 Å². The third-order valence-electron chi connectivity index (χ3n) is 4.26. The Kier molecular flexibility index (Phi) is 3.50. The summed E-state index contributed by atoms with van der Waals surface area (Å²) in [5.74, 6) is 0.159. The zero-order valence-electron chi connectivity index (χ0n) is 11.1. The van der Waals surface area contributed by atoms with Crippen LogP contribution in [0.5, 0.6) is 0 Å². The highest BCUT2D eigenvalue weighted by molar-refractivity contribution is 9.10. The number of likely N-dealkylation sites (tertiary alicyclic amines) is 1. The van der Waals surface area contributed by atoms with Crippen LogP contribution in [0.1, 0.15) is 29.6 Å². The van der Waals surface area contributed by atoms with Gasteiger partial charge in [-0.1, -0.05) is 0 Å². The summed E-state index contributed by atoms with van der Waals surface area (Å²) < 4.78 is 0.808. The number of piperidine rings is 1. The maximum atomic E-state index is 12.4. The van der Waals surface area contributed by atoms with E-state index in [1.54, 1.807) is 18.5 Å². The average Bonchev–Trinajstić information content (AvgIpc) is 2.80. The Bertz CT molecular complexity index is 553. The molecular weight excluding hydrogens is 322 g/mol. The molecule has 2 fully saturated rings. The third kappa shape index (κ3) is 2.57. The molecule has 3 rings (SSSR count). The molecule has 0 aromatic carbocycles. The molecular formula is C14H16BrN3O2.